The van der Waals surface area contributed by atoms with E-state index in [4.69, 9.17) is 0 Å². The van der Waals surface area contributed by atoms with Crippen molar-refractivity contribution in [1.82, 2.24) is 10.2 Å². The van der Waals surface area contributed by atoms with Crippen molar-refractivity contribution in [3.05, 3.63) is 64.0 Å². The standard InChI is InChI=1S/C19H24FN5O4S/c1-21-19(24(2)13-14-4-6-15(20)7-5-14)23-11-10-22-17-9-8-16(30(3,28)29)12-18(17)25(26)27/h4-9,12,22H,10-11,13H2,1-3H3,(H,21,23). The van der Waals surface area contributed by atoms with E-state index in [1.165, 1.54) is 24.3 Å². The highest BCUT2D eigenvalue weighted by molar-refractivity contribution is 7.90. The summed E-state index contributed by atoms with van der Waals surface area (Å²) in [6.45, 7) is 1.26. The zero-order valence-electron chi connectivity index (χ0n) is 16.9. The van der Waals surface area contributed by atoms with E-state index >= 15 is 0 Å². The molecule has 2 aromatic rings. The number of nitrogens with zero attached hydrogens (tertiary/aromatic N) is 3. The number of rotatable bonds is 8. The zero-order valence-corrected chi connectivity index (χ0v) is 17.7. The molecule has 0 saturated heterocycles. The van der Waals surface area contributed by atoms with Gasteiger partial charge in [0.1, 0.15) is 11.5 Å². The average molecular weight is 437 g/mol. The van der Waals surface area contributed by atoms with Crippen LogP contribution in [0.1, 0.15) is 5.56 Å². The second kappa shape index (κ2) is 10.0. The van der Waals surface area contributed by atoms with E-state index in [1.807, 2.05) is 11.9 Å². The molecule has 30 heavy (non-hydrogen) atoms. The van der Waals surface area contributed by atoms with Gasteiger partial charge in [-0.25, -0.2) is 12.8 Å². The average Bonchev–Trinajstić information content (AvgIpc) is 2.68. The van der Waals surface area contributed by atoms with Gasteiger partial charge in [-0.3, -0.25) is 15.1 Å². The fourth-order valence-corrected chi connectivity index (χ4v) is 3.38. The van der Waals surface area contributed by atoms with Gasteiger partial charge >= 0.3 is 0 Å². The normalized spacial score (nSPS) is 11.8. The third-order valence-corrected chi connectivity index (χ3v) is 5.33. The van der Waals surface area contributed by atoms with Gasteiger partial charge in [0.15, 0.2) is 15.8 Å². The van der Waals surface area contributed by atoms with Crippen LogP contribution in [0.25, 0.3) is 0 Å². The third kappa shape index (κ3) is 6.41. The molecule has 0 saturated carbocycles. The number of nitro groups is 1. The van der Waals surface area contributed by atoms with Crippen LogP contribution in [-0.4, -0.2) is 57.6 Å². The molecule has 162 valence electrons. The number of benzene rings is 2. The predicted molar refractivity (Wildman–Crippen MR) is 114 cm³/mol. The summed E-state index contributed by atoms with van der Waals surface area (Å²) in [4.78, 5) is 16.6. The molecule has 0 fully saturated rings. The van der Waals surface area contributed by atoms with Gasteiger partial charge in [0.05, 0.1) is 9.82 Å². The van der Waals surface area contributed by atoms with Crippen LogP contribution in [0.2, 0.25) is 0 Å². The van der Waals surface area contributed by atoms with Crippen molar-refractivity contribution >= 4 is 27.2 Å². The number of halogens is 1. The first kappa shape index (κ1) is 23.1. The first-order chi connectivity index (χ1) is 14.1. The Kier molecular flexibility index (Phi) is 7.70. The van der Waals surface area contributed by atoms with Gasteiger partial charge in [0, 0.05) is 46.1 Å². The molecule has 9 nitrogen and oxygen atoms in total. The maximum Gasteiger partial charge on any atom is 0.293 e. The Morgan fingerprint density at radius 2 is 1.87 bits per heavy atom. The van der Waals surface area contributed by atoms with Gasteiger partial charge in [-0.2, -0.15) is 0 Å². The molecule has 0 atom stereocenters. The second-order valence-corrected chi connectivity index (χ2v) is 8.61. The molecule has 0 aliphatic rings. The summed E-state index contributed by atoms with van der Waals surface area (Å²) in [5.74, 6) is 0.302. The lowest BCUT2D eigenvalue weighted by Crippen LogP contribution is -2.40. The van der Waals surface area contributed by atoms with Crippen molar-refractivity contribution in [2.24, 2.45) is 4.99 Å². The molecule has 11 heteroatoms. The number of guanidine groups is 1. The van der Waals surface area contributed by atoms with Gasteiger partial charge in [0.2, 0.25) is 0 Å². The number of hydrogen-bond acceptors (Lipinski definition) is 6. The van der Waals surface area contributed by atoms with Gasteiger partial charge in [0.25, 0.3) is 5.69 Å². The van der Waals surface area contributed by atoms with Crippen LogP contribution < -0.4 is 10.6 Å². The Bertz CT molecular complexity index is 1030. The Hall–Kier alpha value is -3.21. The number of anilines is 1. The van der Waals surface area contributed by atoms with Crippen LogP contribution >= 0.6 is 0 Å². The Labute approximate surface area is 174 Å². The summed E-state index contributed by atoms with van der Waals surface area (Å²) in [6, 6.07) is 9.93. The summed E-state index contributed by atoms with van der Waals surface area (Å²) < 4.78 is 36.2. The van der Waals surface area contributed by atoms with Crippen molar-refractivity contribution in [1.29, 1.82) is 0 Å². The van der Waals surface area contributed by atoms with Crippen LogP contribution in [0.5, 0.6) is 0 Å². The Morgan fingerprint density at radius 1 is 1.20 bits per heavy atom. The summed E-state index contributed by atoms with van der Waals surface area (Å²) >= 11 is 0. The van der Waals surface area contributed by atoms with Crippen molar-refractivity contribution in [3.63, 3.8) is 0 Å². The van der Waals surface area contributed by atoms with E-state index in [0.29, 0.717) is 25.6 Å². The largest absolute Gasteiger partial charge is 0.378 e. The maximum atomic E-state index is 13.0. The topological polar surface area (TPSA) is 117 Å². The molecule has 0 aromatic heterocycles. The Morgan fingerprint density at radius 3 is 2.43 bits per heavy atom. The third-order valence-electron chi connectivity index (χ3n) is 4.22. The van der Waals surface area contributed by atoms with E-state index in [1.54, 1.807) is 19.2 Å². The molecule has 2 aromatic carbocycles. The lowest BCUT2D eigenvalue weighted by Gasteiger charge is -2.22. The molecule has 0 radical (unpaired) electrons. The van der Waals surface area contributed by atoms with Gasteiger partial charge in [-0.05, 0) is 29.8 Å². The molecule has 0 unspecified atom stereocenters. The molecule has 0 aliphatic heterocycles. The smallest absolute Gasteiger partial charge is 0.293 e. The maximum absolute atomic E-state index is 13.0. The number of aliphatic imine (C=N–C) groups is 1. The molecular weight excluding hydrogens is 413 g/mol. The summed E-state index contributed by atoms with van der Waals surface area (Å²) in [5, 5.41) is 17.3. The molecular formula is C19H24FN5O4S. The molecule has 2 N–H and O–H groups in total. The molecule has 0 bridgehead atoms. The van der Waals surface area contributed by atoms with Crippen LogP contribution in [0, 0.1) is 15.9 Å². The molecule has 2 rings (SSSR count). The lowest BCUT2D eigenvalue weighted by molar-refractivity contribution is -0.384. The highest BCUT2D eigenvalue weighted by atomic mass is 32.2. The van der Waals surface area contributed by atoms with E-state index in [2.05, 4.69) is 15.6 Å². The van der Waals surface area contributed by atoms with E-state index in [0.717, 1.165) is 17.9 Å². The number of nitro benzene ring substituents is 1. The fraction of sp³-hybridized carbons (Fsp3) is 0.316. The lowest BCUT2D eigenvalue weighted by atomic mass is 10.2. The summed E-state index contributed by atoms with van der Waals surface area (Å²) in [7, 11) is -0.0750. The molecule has 0 heterocycles. The highest BCUT2D eigenvalue weighted by Gasteiger charge is 2.18. The minimum atomic E-state index is -3.54. The quantitative estimate of drug-likeness (QED) is 0.214. The van der Waals surface area contributed by atoms with Crippen molar-refractivity contribution in [2.75, 3.05) is 38.8 Å². The van der Waals surface area contributed by atoms with Crippen LogP contribution in [0.15, 0.2) is 52.4 Å². The number of nitrogens with one attached hydrogen (secondary N) is 2. The van der Waals surface area contributed by atoms with E-state index in [-0.39, 0.29) is 22.1 Å². The van der Waals surface area contributed by atoms with Crippen molar-refractivity contribution in [2.45, 2.75) is 11.4 Å². The second-order valence-electron chi connectivity index (χ2n) is 6.59. The SMILES string of the molecule is CN=C(NCCNc1ccc(S(C)(=O)=O)cc1[N+](=O)[O-])N(C)Cc1ccc(F)cc1. The molecule has 0 spiro atoms. The van der Waals surface area contributed by atoms with Crippen molar-refractivity contribution < 1.29 is 17.7 Å². The fourth-order valence-electron chi connectivity index (χ4n) is 2.74. The predicted octanol–water partition coefficient (Wildman–Crippen LogP) is 2.26. The minimum absolute atomic E-state index is 0.110. The van der Waals surface area contributed by atoms with E-state index in [9.17, 15) is 22.9 Å². The number of hydrogen-bond donors (Lipinski definition) is 2. The van der Waals surface area contributed by atoms with Gasteiger partial charge in [-0.1, -0.05) is 12.1 Å². The first-order valence-electron chi connectivity index (χ1n) is 9.00. The monoisotopic (exact) mass is 437 g/mol. The van der Waals surface area contributed by atoms with Crippen LogP contribution in [-0.2, 0) is 16.4 Å². The van der Waals surface area contributed by atoms with Gasteiger partial charge in [-0.15, -0.1) is 0 Å². The summed E-state index contributed by atoms with van der Waals surface area (Å²) in [6.07, 6.45) is 0.997. The van der Waals surface area contributed by atoms with Crippen molar-refractivity contribution in [3.8, 4) is 0 Å². The first-order valence-corrected chi connectivity index (χ1v) is 10.9. The van der Waals surface area contributed by atoms with Crippen LogP contribution in [0.3, 0.4) is 0 Å². The summed E-state index contributed by atoms with van der Waals surface area (Å²) in [5.41, 5.74) is 0.834. The highest BCUT2D eigenvalue weighted by Crippen LogP contribution is 2.27. The Balaban J connectivity index is 1.94. The van der Waals surface area contributed by atoms with Gasteiger partial charge < -0.3 is 15.5 Å². The van der Waals surface area contributed by atoms with Crippen LogP contribution in [0.4, 0.5) is 15.8 Å². The minimum Gasteiger partial charge on any atom is -0.378 e. The number of sulfone groups is 1. The molecule has 0 aliphatic carbocycles. The molecule has 0 amide bonds. The van der Waals surface area contributed by atoms with E-state index < -0.39 is 14.8 Å². The zero-order chi connectivity index (χ0) is 22.3.